The number of benzene rings is 1. The average molecular weight is 242 g/mol. The number of aromatic hydroxyl groups is 1. The molecule has 2 nitrogen and oxygen atoms in total. The summed E-state index contributed by atoms with van der Waals surface area (Å²) in [7, 11) is 0. The molecule has 1 aliphatic rings. The maximum atomic E-state index is 9.58. The minimum Gasteiger partial charge on any atom is -0.508 e. The fourth-order valence-electron chi connectivity index (χ4n) is 1.50. The zero-order valence-corrected chi connectivity index (χ0v) is 8.79. The fraction of sp³-hybridized carbons (Fsp3) is 0.400. The van der Waals surface area contributed by atoms with Gasteiger partial charge in [0.05, 0.1) is 0 Å². The van der Waals surface area contributed by atoms with Gasteiger partial charge in [-0.15, -0.1) is 0 Å². The van der Waals surface area contributed by atoms with Crippen LogP contribution in [0.1, 0.15) is 24.4 Å². The molecular weight excluding hydrogens is 230 g/mol. The number of phenols is 1. The molecule has 0 radical (unpaired) electrons. The highest BCUT2D eigenvalue weighted by Crippen LogP contribution is 2.42. The van der Waals surface area contributed by atoms with Crippen LogP contribution in [0.4, 0.5) is 0 Å². The molecule has 0 unspecified atom stereocenters. The summed E-state index contributed by atoms with van der Waals surface area (Å²) in [5, 5.41) is 9.58. The van der Waals surface area contributed by atoms with Gasteiger partial charge in [-0.05, 0) is 37.0 Å². The van der Waals surface area contributed by atoms with Crippen LogP contribution in [0.5, 0.6) is 5.75 Å². The van der Waals surface area contributed by atoms with Gasteiger partial charge in [-0.25, -0.2) is 0 Å². The summed E-state index contributed by atoms with van der Waals surface area (Å²) in [6.07, 6.45) is 2.38. The van der Waals surface area contributed by atoms with Gasteiger partial charge in [-0.1, -0.05) is 15.9 Å². The van der Waals surface area contributed by atoms with E-state index in [0.717, 1.165) is 10.0 Å². The Labute approximate surface area is 85.9 Å². The van der Waals surface area contributed by atoms with Crippen LogP contribution in [0.2, 0.25) is 0 Å². The fourth-order valence-corrected chi connectivity index (χ4v) is 1.88. The van der Waals surface area contributed by atoms with Crippen molar-refractivity contribution in [3.05, 3.63) is 28.2 Å². The number of hydrogen-bond acceptors (Lipinski definition) is 2. The summed E-state index contributed by atoms with van der Waals surface area (Å²) in [5.74, 6) is 0.878. The van der Waals surface area contributed by atoms with Gasteiger partial charge in [0, 0.05) is 16.1 Å². The van der Waals surface area contributed by atoms with E-state index in [-0.39, 0.29) is 6.04 Å². The van der Waals surface area contributed by atoms with Gasteiger partial charge in [0.15, 0.2) is 0 Å². The van der Waals surface area contributed by atoms with Crippen LogP contribution in [0.15, 0.2) is 22.7 Å². The minimum absolute atomic E-state index is 0.00231. The lowest BCUT2D eigenvalue weighted by Crippen LogP contribution is -2.12. The third-order valence-corrected chi connectivity index (χ3v) is 2.97. The molecule has 1 aromatic carbocycles. The molecule has 1 aliphatic carbocycles. The average Bonchev–Trinajstić information content (AvgIpc) is 2.91. The first kappa shape index (κ1) is 9.03. The molecule has 3 heteroatoms. The number of nitrogens with two attached hydrogens (primary N) is 1. The highest BCUT2D eigenvalue weighted by Gasteiger charge is 2.30. The molecule has 0 bridgehead atoms. The molecule has 0 amide bonds. The van der Waals surface area contributed by atoms with E-state index >= 15 is 0 Å². The Morgan fingerprint density at radius 1 is 1.46 bits per heavy atom. The molecule has 0 saturated heterocycles. The predicted octanol–water partition coefficient (Wildman–Crippen LogP) is 2.56. The number of hydrogen-bond donors (Lipinski definition) is 2. The molecule has 3 N–H and O–H groups in total. The van der Waals surface area contributed by atoms with Gasteiger partial charge >= 0.3 is 0 Å². The summed E-state index contributed by atoms with van der Waals surface area (Å²) in [5.41, 5.74) is 6.85. The molecule has 0 spiro atoms. The van der Waals surface area contributed by atoms with E-state index in [9.17, 15) is 5.11 Å². The lowest BCUT2D eigenvalue weighted by molar-refractivity contribution is 0.456. The molecular formula is C10H12BrNO. The molecule has 0 aliphatic heterocycles. The Morgan fingerprint density at radius 3 is 2.77 bits per heavy atom. The monoisotopic (exact) mass is 241 g/mol. The largest absolute Gasteiger partial charge is 0.508 e. The van der Waals surface area contributed by atoms with Crippen LogP contribution in [0.3, 0.4) is 0 Å². The zero-order valence-electron chi connectivity index (χ0n) is 7.20. The highest BCUT2D eigenvalue weighted by molar-refractivity contribution is 9.10. The van der Waals surface area contributed by atoms with E-state index in [2.05, 4.69) is 15.9 Å². The molecule has 1 fully saturated rings. The first-order chi connectivity index (χ1) is 6.18. The topological polar surface area (TPSA) is 46.2 Å². The van der Waals surface area contributed by atoms with Crippen LogP contribution in [-0.4, -0.2) is 5.11 Å². The number of halogens is 1. The Morgan fingerprint density at radius 2 is 2.15 bits per heavy atom. The third-order valence-electron chi connectivity index (χ3n) is 2.48. The number of rotatable bonds is 2. The molecule has 13 heavy (non-hydrogen) atoms. The molecule has 0 heterocycles. The van der Waals surface area contributed by atoms with Crippen molar-refractivity contribution in [2.24, 2.45) is 11.7 Å². The lowest BCUT2D eigenvalue weighted by Gasteiger charge is -2.12. The van der Waals surface area contributed by atoms with Crippen molar-refractivity contribution in [2.45, 2.75) is 18.9 Å². The van der Waals surface area contributed by atoms with Gasteiger partial charge < -0.3 is 10.8 Å². The van der Waals surface area contributed by atoms with Crippen LogP contribution in [-0.2, 0) is 0 Å². The summed E-state index contributed by atoms with van der Waals surface area (Å²) in [6, 6.07) is 5.40. The van der Waals surface area contributed by atoms with E-state index in [4.69, 9.17) is 5.73 Å². The van der Waals surface area contributed by atoms with Crippen molar-refractivity contribution < 1.29 is 5.11 Å². The van der Waals surface area contributed by atoms with Gasteiger partial charge in [-0.3, -0.25) is 0 Å². The standard InChI is InChI=1S/C10H12BrNO/c11-7-3-4-9(13)8(5-7)10(12)6-1-2-6/h3-6,10,13H,1-2,12H2/t10-/m0/s1. The normalized spacial score (nSPS) is 18.6. The zero-order chi connectivity index (χ0) is 9.42. The Bertz CT molecular complexity index is 323. The van der Waals surface area contributed by atoms with E-state index in [0.29, 0.717) is 11.7 Å². The van der Waals surface area contributed by atoms with Crippen LogP contribution < -0.4 is 5.73 Å². The molecule has 70 valence electrons. The molecule has 1 aromatic rings. The van der Waals surface area contributed by atoms with E-state index in [1.165, 1.54) is 12.8 Å². The van der Waals surface area contributed by atoms with Gasteiger partial charge in [0.25, 0.3) is 0 Å². The first-order valence-electron chi connectivity index (χ1n) is 4.42. The van der Waals surface area contributed by atoms with E-state index in [1.807, 2.05) is 12.1 Å². The van der Waals surface area contributed by atoms with Crippen molar-refractivity contribution in [3.8, 4) is 5.75 Å². The first-order valence-corrected chi connectivity index (χ1v) is 5.22. The maximum absolute atomic E-state index is 9.58. The van der Waals surface area contributed by atoms with Crippen molar-refractivity contribution in [1.82, 2.24) is 0 Å². The van der Waals surface area contributed by atoms with Crippen molar-refractivity contribution in [3.63, 3.8) is 0 Å². The SMILES string of the molecule is N[C@H](c1cc(Br)ccc1O)C1CC1. The Hall–Kier alpha value is -0.540. The Kier molecular flexibility index (Phi) is 2.30. The summed E-state index contributed by atoms with van der Waals surface area (Å²) >= 11 is 3.37. The highest BCUT2D eigenvalue weighted by atomic mass is 79.9. The lowest BCUT2D eigenvalue weighted by atomic mass is 10.0. The summed E-state index contributed by atoms with van der Waals surface area (Å²) < 4.78 is 0.969. The maximum Gasteiger partial charge on any atom is 0.120 e. The smallest absolute Gasteiger partial charge is 0.120 e. The third kappa shape index (κ3) is 1.86. The predicted molar refractivity (Wildman–Crippen MR) is 55.5 cm³/mol. The van der Waals surface area contributed by atoms with E-state index < -0.39 is 0 Å². The summed E-state index contributed by atoms with van der Waals surface area (Å²) in [4.78, 5) is 0. The van der Waals surface area contributed by atoms with Crippen molar-refractivity contribution in [1.29, 1.82) is 0 Å². The van der Waals surface area contributed by atoms with Gasteiger partial charge in [-0.2, -0.15) is 0 Å². The second-order valence-electron chi connectivity index (χ2n) is 3.57. The van der Waals surface area contributed by atoms with Gasteiger partial charge in [0.1, 0.15) is 5.75 Å². The molecule has 1 saturated carbocycles. The van der Waals surface area contributed by atoms with Crippen molar-refractivity contribution >= 4 is 15.9 Å². The van der Waals surface area contributed by atoms with Crippen LogP contribution >= 0.6 is 15.9 Å². The van der Waals surface area contributed by atoms with Crippen LogP contribution in [0.25, 0.3) is 0 Å². The Balaban J connectivity index is 2.31. The second kappa shape index (κ2) is 3.31. The minimum atomic E-state index is -0.00231. The van der Waals surface area contributed by atoms with E-state index in [1.54, 1.807) is 6.07 Å². The number of phenolic OH excluding ortho intramolecular Hbond substituents is 1. The quantitative estimate of drug-likeness (QED) is 0.837. The van der Waals surface area contributed by atoms with Crippen molar-refractivity contribution in [2.75, 3.05) is 0 Å². The second-order valence-corrected chi connectivity index (χ2v) is 4.48. The molecule has 1 atom stereocenters. The molecule has 2 rings (SSSR count). The van der Waals surface area contributed by atoms with Crippen LogP contribution in [0, 0.1) is 5.92 Å². The molecule has 0 aromatic heterocycles. The van der Waals surface area contributed by atoms with Gasteiger partial charge in [0.2, 0.25) is 0 Å². The summed E-state index contributed by atoms with van der Waals surface area (Å²) in [6.45, 7) is 0.